The summed E-state index contributed by atoms with van der Waals surface area (Å²) in [6.45, 7) is 2.08. The van der Waals surface area contributed by atoms with Crippen LogP contribution in [-0.2, 0) is 0 Å². The van der Waals surface area contributed by atoms with Crippen LogP contribution in [0.5, 0.6) is 0 Å². The standard InChI is InChI=1S/C12H21F3O2/c1-9-4-7-11(17,8-5-9)10(16)3-2-6-12(13,14)15/h9-10,16-17H,2-8H2,1H3. The molecule has 0 amide bonds. The van der Waals surface area contributed by atoms with E-state index in [1.807, 2.05) is 0 Å². The summed E-state index contributed by atoms with van der Waals surface area (Å²) in [6, 6.07) is 0. The zero-order chi connectivity index (χ0) is 13.1. The zero-order valence-corrected chi connectivity index (χ0v) is 10.1. The van der Waals surface area contributed by atoms with E-state index in [0.717, 1.165) is 12.8 Å². The molecule has 0 aromatic heterocycles. The topological polar surface area (TPSA) is 40.5 Å². The fourth-order valence-corrected chi connectivity index (χ4v) is 2.36. The van der Waals surface area contributed by atoms with Crippen molar-refractivity contribution in [3.63, 3.8) is 0 Å². The van der Waals surface area contributed by atoms with Crippen LogP contribution in [0.4, 0.5) is 13.2 Å². The molecule has 0 bridgehead atoms. The molecule has 0 spiro atoms. The predicted octanol–water partition coefficient (Wildman–Crippen LogP) is 3.02. The fourth-order valence-electron chi connectivity index (χ4n) is 2.36. The van der Waals surface area contributed by atoms with Crippen molar-refractivity contribution in [1.82, 2.24) is 0 Å². The molecule has 5 heteroatoms. The van der Waals surface area contributed by atoms with Crippen molar-refractivity contribution < 1.29 is 23.4 Å². The highest BCUT2D eigenvalue weighted by Gasteiger charge is 2.38. The molecule has 0 radical (unpaired) electrons. The van der Waals surface area contributed by atoms with E-state index in [4.69, 9.17) is 0 Å². The molecule has 1 rings (SSSR count). The van der Waals surface area contributed by atoms with Gasteiger partial charge in [0.05, 0.1) is 11.7 Å². The second-order valence-electron chi connectivity index (χ2n) is 5.31. The first-order valence-corrected chi connectivity index (χ1v) is 6.20. The van der Waals surface area contributed by atoms with Crippen LogP contribution < -0.4 is 0 Å². The Bertz CT molecular complexity index is 232. The largest absolute Gasteiger partial charge is 0.390 e. The molecule has 0 aromatic carbocycles. The number of halogens is 3. The van der Waals surface area contributed by atoms with Gasteiger partial charge in [0.1, 0.15) is 0 Å². The summed E-state index contributed by atoms with van der Waals surface area (Å²) in [6.07, 6.45) is -3.58. The highest BCUT2D eigenvalue weighted by molar-refractivity contribution is 4.90. The van der Waals surface area contributed by atoms with Crippen LogP contribution in [0.2, 0.25) is 0 Å². The molecule has 0 aromatic rings. The first-order valence-electron chi connectivity index (χ1n) is 6.20. The summed E-state index contributed by atoms with van der Waals surface area (Å²) < 4.78 is 35.9. The summed E-state index contributed by atoms with van der Waals surface area (Å²) in [5, 5.41) is 20.0. The van der Waals surface area contributed by atoms with E-state index in [0.29, 0.717) is 18.8 Å². The Hall–Kier alpha value is -0.290. The van der Waals surface area contributed by atoms with E-state index < -0.39 is 24.3 Å². The summed E-state index contributed by atoms with van der Waals surface area (Å²) in [5.74, 6) is 0.526. The van der Waals surface area contributed by atoms with Gasteiger partial charge in [0, 0.05) is 6.42 Å². The van der Waals surface area contributed by atoms with E-state index in [-0.39, 0.29) is 12.8 Å². The SMILES string of the molecule is CC1CCC(O)(C(O)CCCC(F)(F)F)CC1. The smallest absolute Gasteiger partial charge is 0.389 e. The first-order chi connectivity index (χ1) is 7.73. The van der Waals surface area contributed by atoms with Gasteiger partial charge >= 0.3 is 6.18 Å². The maximum atomic E-state index is 12.0. The van der Waals surface area contributed by atoms with Crippen molar-refractivity contribution in [3.8, 4) is 0 Å². The highest BCUT2D eigenvalue weighted by atomic mass is 19.4. The van der Waals surface area contributed by atoms with Crippen LogP contribution >= 0.6 is 0 Å². The zero-order valence-electron chi connectivity index (χ0n) is 10.1. The average Bonchev–Trinajstić information content (AvgIpc) is 2.21. The number of aliphatic hydroxyl groups excluding tert-OH is 1. The van der Waals surface area contributed by atoms with Crippen molar-refractivity contribution in [3.05, 3.63) is 0 Å². The lowest BCUT2D eigenvalue weighted by Crippen LogP contribution is -2.45. The van der Waals surface area contributed by atoms with Gasteiger partial charge in [-0.15, -0.1) is 0 Å². The van der Waals surface area contributed by atoms with Crippen molar-refractivity contribution in [1.29, 1.82) is 0 Å². The van der Waals surface area contributed by atoms with Crippen molar-refractivity contribution >= 4 is 0 Å². The molecular weight excluding hydrogens is 233 g/mol. The van der Waals surface area contributed by atoms with Gasteiger partial charge in [-0.1, -0.05) is 6.92 Å². The number of hydrogen-bond acceptors (Lipinski definition) is 2. The van der Waals surface area contributed by atoms with Gasteiger partial charge in [-0.25, -0.2) is 0 Å². The monoisotopic (exact) mass is 254 g/mol. The van der Waals surface area contributed by atoms with Crippen LogP contribution in [-0.4, -0.2) is 28.1 Å². The lowest BCUT2D eigenvalue weighted by molar-refractivity contribution is -0.142. The number of aliphatic hydroxyl groups is 2. The molecule has 1 unspecified atom stereocenters. The third kappa shape index (κ3) is 4.84. The Morgan fingerprint density at radius 3 is 2.29 bits per heavy atom. The Balaban J connectivity index is 2.34. The summed E-state index contributed by atoms with van der Waals surface area (Å²) in [7, 11) is 0. The van der Waals surface area contributed by atoms with Crippen LogP contribution in [0.25, 0.3) is 0 Å². The molecule has 1 atom stereocenters. The lowest BCUT2D eigenvalue weighted by atomic mass is 9.75. The molecule has 1 aliphatic carbocycles. The van der Waals surface area contributed by atoms with Gasteiger partial charge < -0.3 is 10.2 Å². The molecule has 2 N–H and O–H groups in total. The van der Waals surface area contributed by atoms with Gasteiger partial charge in [0.25, 0.3) is 0 Å². The maximum Gasteiger partial charge on any atom is 0.389 e. The summed E-state index contributed by atoms with van der Waals surface area (Å²) in [5.41, 5.74) is -1.17. The van der Waals surface area contributed by atoms with Gasteiger partial charge in [0.15, 0.2) is 0 Å². The minimum Gasteiger partial charge on any atom is -0.390 e. The van der Waals surface area contributed by atoms with Crippen LogP contribution in [0, 0.1) is 5.92 Å². The number of alkyl halides is 3. The van der Waals surface area contributed by atoms with Crippen LogP contribution in [0.15, 0.2) is 0 Å². The van der Waals surface area contributed by atoms with Crippen LogP contribution in [0.1, 0.15) is 51.9 Å². The Kier molecular flexibility index (Phi) is 4.84. The Morgan fingerprint density at radius 2 is 1.82 bits per heavy atom. The Labute approximate surface area is 99.8 Å². The molecule has 102 valence electrons. The number of hydrogen-bond donors (Lipinski definition) is 2. The molecule has 17 heavy (non-hydrogen) atoms. The van der Waals surface area contributed by atoms with Crippen molar-refractivity contribution in [2.75, 3.05) is 0 Å². The average molecular weight is 254 g/mol. The quantitative estimate of drug-likeness (QED) is 0.809. The molecule has 2 nitrogen and oxygen atoms in total. The fraction of sp³-hybridized carbons (Fsp3) is 1.00. The van der Waals surface area contributed by atoms with Crippen molar-refractivity contribution in [2.45, 2.75) is 69.8 Å². The molecule has 1 saturated carbocycles. The highest BCUT2D eigenvalue weighted by Crippen LogP contribution is 2.36. The molecule has 1 aliphatic rings. The minimum absolute atomic E-state index is 0.0182. The van der Waals surface area contributed by atoms with Gasteiger partial charge in [-0.3, -0.25) is 0 Å². The van der Waals surface area contributed by atoms with E-state index in [1.54, 1.807) is 0 Å². The second kappa shape index (κ2) is 5.57. The molecule has 0 saturated heterocycles. The van der Waals surface area contributed by atoms with Gasteiger partial charge in [-0.2, -0.15) is 13.2 Å². The predicted molar refractivity (Wildman–Crippen MR) is 58.5 cm³/mol. The summed E-state index contributed by atoms with van der Waals surface area (Å²) >= 11 is 0. The van der Waals surface area contributed by atoms with E-state index in [1.165, 1.54) is 0 Å². The molecular formula is C12H21F3O2. The molecule has 0 heterocycles. The number of rotatable bonds is 4. The molecule has 0 aliphatic heterocycles. The molecule has 1 fully saturated rings. The van der Waals surface area contributed by atoms with Crippen LogP contribution in [0.3, 0.4) is 0 Å². The third-order valence-electron chi connectivity index (χ3n) is 3.70. The normalized spacial score (nSPS) is 32.5. The Morgan fingerprint density at radius 1 is 1.29 bits per heavy atom. The van der Waals surface area contributed by atoms with E-state index >= 15 is 0 Å². The second-order valence-corrected chi connectivity index (χ2v) is 5.31. The van der Waals surface area contributed by atoms with E-state index in [2.05, 4.69) is 6.92 Å². The lowest BCUT2D eigenvalue weighted by Gasteiger charge is -2.38. The van der Waals surface area contributed by atoms with Gasteiger partial charge in [0.2, 0.25) is 0 Å². The minimum atomic E-state index is -4.18. The van der Waals surface area contributed by atoms with E-state index in [9.17, 15) is 23.4 Å². The van der Waals surface area contributed by atoms with Gasteiger partial charge in [-0.05, 0) is 44.4 Å². The van der Waals surface area contributed by atoms with Crippen molar-refractivity contribution in [2.24, 2.45) is 5.92 Å². The first kappa shape index (κ1) is 14.8. The maximum absolute atomic E-state index is 12.0. The third-order valence-corrected chi connectivity index (χ3v) is 3.70. The summed E-state index contributed by atoms with van der Waals surface area (Å²) in [4.78, 5) is 0.